The fourth-order valence-electron chi connectivity index (χ4n) is 2.76. The SMILES string of the molecule is COc1ccc2c([N+](=O)[O-])c(-c3ccc(C#CC(C)(C)O)cc3)[nH]c(=O)c2c1. The molecule has 7 heteroatoms. The first-order chi connectivity index (χ1) is 13.2. The van der Waals surface area contributed by atoms with E-state index in [1.807, 2.05) is 0 Å². The van der Waals surface area contributed by atoms with Crippen molar-refractivity contribution in [3.8, 4) is 28.8 Å². The highest BCUT2D eigenvalue weighted by Gasteiger charge is 2.22. The maximum absolute atomic E-state index is 12.5. The summed E-state index contributed by atoms with van der Waals surface area (Å²) in [6.07, 6.45) is 0. The van der Waals surface area contributed by atoms with Crippen molar-refractivity contribution in [2.45, 2.75) is 19.4 Å². The smallest absolute Gasteiger partial charge is 0.301 e. The number of nitrogens with zero attached hydrogens (tertiary/aromatic N) is 1. The molecule has 0 aliphatic carbocycles. The first-order valence-electron chi connectivity index (χ1n) is 8.44. The minimum Gasteiger partial charge on any atom is -0.497 e. The number of hydrogen-bond acceptors (Lipinski definition) is 5. The molecule has 7 nitrogen and oxygen atoms in total. The molecule has 0 radical (unpaired) electrons. The molecule has 0 unspecified atom stereocenters. The van der Waals surface area contributed by atoms with Crippen molar-refractivity contribution < 1.29 is 14.8 Å². The summed E-state index contributed by atoms with van der Waals surface area (Å²) in [6, 6.07) is 11.2. The van der Waals surface area contributed by atoms with Crippen LogP contribution in [0.15, 0.2) is 47.3 Å². The Hall–Kier alpha value is -3.63. The topological polar surface area (TPSA) is 105 Å². The van der Waals surface area contributed by atoms with Crippen molar-refractivity contribution >= 4 is 16.5 Å². The van der Waals surface area contributed by atoms with Gasteiger partial charge < -0.3 is 14.8 Å². The maximum atomic E-state index is 12.5. The molecule has 0 saturated carbocycles. The van der Waals surface area contributed by atoms with E-state index < -0.39 is 16.1 Å². The first-order valence-corrected chi connectivity index (χ1v) is 8.44. The molecule has 1 heterocycles. The molecular formula is C21H18N2O5. The summed E-state index contributed by atoms with van der Waals surface area (Å²) in [5.41, 5.74) is -0.512. The number of aromatic nitrogens is 1. The van der Waals surface area contributed by atoms with E-state index in [-0.39, 0.29) is 22.2 Å². The van der Waals surface area contributed by atoms with Gasteiger partial charge in [-0.15, -0.1) is 0 Å². The number of rotatable bonds is 3. The number of fused-ring (bicyclic) bond motifs is 1. The minimum absolute atomic E-state index is 0.120. The molecule has 2 aromatic carbocycles. The Balaban J connectivity index is 2.17. The first kappa shape index (κ1) is 19.1. The summed E-state index contributed by atoms with van der Waals surface area (Å²) in [5, 5.41) is 21.9. The van der Waals surface area contributed by atoms with Gasteiger partial charge in [0.1, 0.15) is 17.0 Å². The van der Waals surface area contributed by atoms with Crippen LogP contribution in [0.3, 0.4) is 0 Å². The minimum atomic E-state index is -1.12. The Bertz CT molecular complexity index is 1180. The zero-order chi connectivity index (χ0) is 20.5. The second-order valence-electron chi connectivity index (χ2n) is 6.73. The van der Waals surface area contributed by atoms with E-state index in [1.54, 1.807) is 44.2 Å². The molecule has 0 fully saturated rings. The fraction of sp³-hybridized carbons (Fsp3) is 0.190. The van der Waals surface area contributed by atoms with Crippen LogP contribution in [0.5, 0.6) is 5.75 Å². The average molecular weight is 378 g/mol. The molecule has 0 amide bonds. The van der Waals surface area contributed by atoms with E-state index in [9.17, 15) is 20.0 Å². The van der Waals surface area contributed by atoms with Crippen molar-refractivity contribution in [2.75, 3.05) is 7.11 Å². The summed E-state index contributed by atoms with van der Waals surface area (Å²) >= 11 is 0. The predicted molar refractivity (Wildman–Crippen MR) is 106 cm³/mol. The second-order valence-corrected chi connectivity index (χ2v) is 6.73. The normalized spacial score (nSPS) is 11.0. The molecule has 2 N–H and O–H groups in total. The molecule has 0 atom stereocenters. The quantitative estimate of drug-likeness (QED) is 0.413. The van der Waals surface area contributed by atoms with E-state index in [2.05, 4.69) is 16.8 Å². The van der Waals surface area contributed by atoms with Gasteiger partial charge in [-0.25, -0.2) is 0 Å². The highest BCUT2D eigenvalue weighted by atomic mass is 16.6. The van der Waals surface area contributed by atoms with Crippen molar-refractivity contribution in [1.29, 1.82) is 0 Å². The van der Waals surface area contributed by atoms with E-state index in [0.717, 1.165) is 0 Å². The maximum Gasteiger partial charge on any atom is 0.301 e. The lowest BCUT2D eigenvalue weighted by Gasteiger charge is -2.08. The number of aromatic amines is 1. The third-order valence-electron chi connectivity index (χ3n) is 4.07. The second kappa shape index (κ2) is 7.18. The number of methoxy groups -OCH3 is 1. The Labute approximate surface area is 160 Å². The van der Waals surface area contributed by atoms with Crippen LogP contribution in [-0.4, -0.2) is 27.7 Å². The standard InChI is InChI=1S/C21H18N2O5/c1-21(2,25)11-10-13-4-6-14(7-5-13)18-19(23(26)27)16-9-8-15(28-3)12-17(16)20(24)22-18/h4-9,12,25H,1-3H3,(H,22,24). The lowest BCUT2D eigenvalue weighted by Crippen LogP contribution is -2.14. The number of aliphatic hydroxyl groups is 1. The monoisotopic (exact) mass is 378 g/mol. The Kier molecular flexibility index (Phi) is 4.91. The van der Waals surface area contributed by atoms with Crippen LogP contribution in [0.1, 0.15) is 19.4 Å². The molecule has 0 spiro atoms. The number of nitrogens with one attached hydrogen (secondary N) is 1. The highest BCUT2D eigenvalue weighted by Crippen LogP contribution is 2.34. The van der Waals surface area contributed by atoms with Crippen molar-refractivity contribution in [1.82, 2.24) is 4.98 Å². The predicted octanol–water partition coefficient (Wildman–Crippen LogP) is 3.23. The lowest BCUT2D eigenvalue weighted by molar-refractivity contribution is -0.382. The third-order valence-corrected chi connectivity index (χ3v) is 4.07. The van der Waals surface area contributed by atoms with Crippen LogP contribution >= 0.6 is 0 Å². The summed E-state index contributed by atoms with van der Waals surface area (Å²) in [6.45, 7) is 3.15. The van der Waals surface area contributed by atoms with E-state index in [0.29, 0.717) is 16.9 Å². The molecule has 142 valence electrons. The van der Waals surface area contributed by atoms with Gasteiger partial charge in [0.2, 0.25) is 0 Å². The van der Waals surface area contributed by atoms with Gasteiger partial charge in [-0.05, 0) is 44.2 Å². The Morgan fingerprint density at radius 2 is 1.82 bits per heavy atom. The molecule has 0 saturated heterocycles. The molecule has 28 heavy (non-hydrogen) atoms. The third kappa shape index (κ3) is 3.87. The summed E-state index contributed by atoms with van der Waals surface area (Å²) in [5.74, 6) is 5.97. The summed E-state index contributed by atoms with van der Waals surface area (Å²) in [4.78, 5) is 26.4. The average Bonchev–Trinajstić information content (AvgIpc) is 2.65. The molecule has 0 aliphatic heterocycles. The zero-order valence-electron chi connectivity index (χ0n) is 15.6. The van der Waals surface area contributed by atoms with Crippen LogP contribution in [0.4, 0.5) is 5.69 Å². The number of nitro groups is 1. The van der Waals surface area contributed by atoms with E-state index in [4.69, 9.17) is 4.74 Å². The van der Waals surface area contributed by atoms with Crippen molar-refractivity contribution in [3.63, 3.8) is 0 Å². The number of pyridine rings is 1. The van der Waals surface area contributed by atoms with Crippen LogP contribution in [0, 0.1) is 22.0 Å². The fourth-order valence-corrected chi connectivity index (χ4v) is 2.76. The number of ether oxygens (including phenoxy) is 1. The molecule has 0 bridgehead atoms. The Morgan fingerprint density at radius 1 is 1.14 bits per heavy atom. The van der Waals surface area contributed by atoms with Gasteiger partial charge >= 0.3 is 5.69 Å². The Morgan fingerprint density at radius 3 is 2.39 bits per heavy atom. The molecule has 0 aliphatic rings. The molecule has 3 rings (SSSR count). The van der Waals surface area contributed by atoms with Crippen LogP contribution < -0.4 is 10.3 Å². The number of benzene rings is 2. The number of hydrogen-bond donors (Lipinski definition) is 2. The zero-order valence-corrected chi connectivity index (χ0v) is 15.6. The van der Waals surface area contributed by atoms with Crippen LogP contribution in [0.25, 0.3) is 22.0 Å². The van der Waals surface area contributed by atoms with E-state index in [1.165, 1.54) is 19.2 Å². The molecule has 1 aromatic heterocycles. The van der Waals surface area contributed by atoms with Gasteiger partial charge in [-0.1, -0.05) is 24.0 Å². The summed E-state index contributed by atoms with van der Waals surface area (Å²) in [7, 11) is 1.46. The van der Waals surface area contributed by atoms with Crippen LogP contribution in [0.2, 0.25) is 0 Å². The number of H-pyrrole nitrogens is 1. The van der Waals surface area contributed by atoms with Crippen LogP contribution in [-0.2, 0) is 0 Å². The van der Waals surface area contributed by atoms with Crippen molar-refractivity contribution in [2.24, 2.45) is 0 Å². The summed E-state index contributed by atoms with van der Waals surface area (Å²) < 4.78 is 5.10. The largest absolute Gasteiger partial charge is 0.497 e. The van der Waals surface area contributed by atoms with E-state index >= 15 is 0 Å². The van der Waals surface area contributed by atoms with Gasteiger partial charge in [0.05, 0.1) is 22.8 Å². The van der Waals surface area contributed by atoms with Gasteiger partial charge in [-0.3, -0.25) is 14.9 Å². The lowest BCUT2D eigenvalue weighted by atomic mass is 10.0. The molecule has 3 aromatic rings. The van der Waals surface area contributed by atoms with Gasteiger partial charge in [0.25, 0.3) is 5.56 Å². The highest BCUT2D eigenvalue weighted by molar-refractivity contribution is 5.96. The van der Waals surface area contributed by atoms with Gasteiger partial charge in [0.15, 0.2) is 0 Å². The molecular weight excluding hydrogens is 360 g/mol. The van der Waals surface area contributed by atoms with Crippen molar-refractivity contribution in [3.05, 3.63) is 68.5 Å². The van der Waals surface area contributed by atoms with Gasteiger partial charge in [-0.2, -0.15) is 0 Å². The van der Waals surface area contributed by atoms with Gasteiger partial charge in [0, 0.05) is 11.1 Å².